The number of nitrogen functional groups attached to an aromatic ring is 1. The quantitative estimate of drug-likeness (QED) is 0.245. The van der Waals surface area contributed by atoms with Gasteiger partial charge in [-0.05, 0) is 43.9 Å². The van der Waals surface area contributed by atoms with Gasteiger partial charge in [0.15, 0.2) is 0 Å². The number of para-hydroxylation sites is 1. The van der Waals surface area contributed by atoms with Crippen molar-refractivity contribution in [1.82, 2.24) is 19.6 Å². The summed E-state index contributed by atoms with van der Waals surface area (Å²) in [6.07, 6.45) is 4.43. The minimum Gasteiger partial charge on any atom is -0.436 e. The maximum atomic E-state index is 11.2. The maximum Gasteiger partial charge on any atom is 0.319 e. The fourth-order valence-electron chi connectivity index (χ4n) is 4.19. The van der Waals surface area contributed by atoms with Crippen molar-refractivity contribution in [3.63, 3.8) is 0 Å². The summed E-state index contributed by atoms with van der Waals surface area (Å²) >= 11 is 0. The molecule has 10 nitrogen and oxygen atoms in total. The van der Waals surface area contributed by atoms with Crippen molar-refractivity contribution in [3.8, 4) is 5.75 Å². The van der Waals surface area contributed by atoms with E-state index in [1.807, 2.05) is 54.1 Å². The molecule has 4 rings (SSSR count). The van der Waals surface area contributed by atoms with Crippen LogP contribution >= 0.6 is 8.53 Å². The Morgan fingerprint density at radius 3 is 2.56 bits per heavy atom. The largest absolute Gasteiger partial charge is 0.436 e. The molecule has 0 amide bonds. The van der Waals surface area contributed by atoms with Crippen LogP contribution in [0, 0.1) is 11.3 Å². The molecule has 3 aromatic rings. The molecule has 3 N–H and O–H groups in total. The molecule has 1 fully saturated rings. The lowest BCUT2D eigenvalue weighted by molar-refractivity contribution is -0.109. The third-order valence-corrected chi connectivity index (χ3v) is 7.55. The second kappa shape index (κ2) is 14.1. The number of carbonyl (C=O) groups is 1. The lowest BCUT2D eigenvalue weighted by Crippen LogP contribution is -2.30. The van der Waals surface area contributed by atoms with Crippen LogP contribution in [0.25, 0.3) is 11.0 Å². The molecule has 11 heteroatoms. The van der Waals surface area contributed by atoms with Gasteiger partial charge in [-0.1, -0.05) is 45.9 Å². The van der Waals surface area contributed by atoms with Crippen LogP contribution in [0.4, 0.5) is 5.82 Å². The SMILES string of the molecule is CC1CC(C(C)OP(N[C@@H](C)C=O)Oc2ccccc2)OC1n1ccc2c(N)ncnc21.COCC(C)(C)C. The molecular weight excluding hydrogens is 517 g/mol. The number of hydrogen-bond acceptors (Lipinski definition) is 9. The van der Waals surface area contributed by atoms with Crippen molar-refractivity contribution in [2.75, 3.05) is 19.5 Å². The summed E-state index contributed by atoms with van der Waals surface area (Å²) < 4.78 is 25.5. The number of aldehydes is 1. The molecule has 5 unspecified atom stereocenters. The standard InChI is InChI=1S/C22H28N5O4P.C6H14O/c1-14-11-19(29-22(14)27-10-9-18-20(23)24-13-25-21(18)27)16(3)30-32(26-15(2)12-28)31-17-7-5-4-6-8-17;1-6(2,3)5-7-4/h4-10,12-16,19,22,26H,11H2,1-3H3,(H2,23,24,25);5H2,1-4H3/t14?,15-,16?,19?,22?,32?;/m0./s1. The number of nitrogens with two attached hydrogens (primary N) is 1. The number of anilines is 1. The third-order valence-electron chi connectivity index (χ3n) is 6.03. The number of fused-ring (bicyclic) bond motifs is 1. The fourth-order valence-corrected chi connectivity index (χ4v) is 5.49. The monoisotopic (exact) mass is 559 g/mol. The Kier molecular flexibility index (Phi) is 11.2. The average Bonchev–Trinajstić information content (AvgIpc) is 3.48. The highest BCUT2D eigenvalue weighted by Crippen LogP contribution is 2.43. The molecule has 1 saturated heterocycles. The summed E-state index contributed by atoms with van der Waals surface area (Å²) in [5.41, 5.74) is 7.06. The number of rotatable bonds is 10. The minimum absolute atomic E-state index is 0.149. The van der Waals surface area contributed by atoms with Crippen molar-refractivity contribution < 1.29 is 23.3 Å². The highest BCUT2D eigenvalue weighted by atomic mass is 31.2. The third kappa shape index (κ3) is 8.95. The van der Waals surface area contributed by atoms with Crippen LogP contribution in [-0.4, -0.2) is 52.8 Å². The molecule has 0 bridgehead atoms. The second-order valence-electron chi connectivity index (χ2n) is 11.0. The Hall–Kier alpha value is -2.62. The zero-order chi connectivity index (χ0) is 28.6. The van der Waals surface area contributed by atoms with E-state index >= 15 is 0 Å². The van der Waals surface area contributed by atoms with E-state index in [0.717, 1.165) is 30.3 Å². The topological polar surface area (TPSA) is 123 Å². The first-order chi connectivity index (χ1) is 18.5. The number of nitrogens with one attached hydrogen (secondary N) is 1. The predicted molar refractivity (Wildman–Crippen MR) is 154 cm³/mol. The van der Waals surface area contributed by atoms with Crippen molar-refractivity contribution >= 4 is 31.7 Å². The first-order valence-electron chi connectivity index (χ1n) is 13.1. The molecule has 1 aromatic carbocycles. The molecule has 3 heterocycles. The molecule has 2 aromatic heterocycles. The van der Waals surface area contributed by atoms with Crippen molar-refractivity contribution in [3.05, 3.63) is 48.9 Å². The van der Waals surface area contributed by atoms with Crippen molar-refractivity contribution in [1.29, 1.82) is 0 Å². The molecule has 1 aliphatic heterocycles. The molecule has 1 aliphatic rings. The number of carbonyl (C=O) groups excluding carboxylic acids is 1. The molecule has 0 aliphatic carbocycles. The molecular formula is C28H42N5O5P. The van der Waals surface area contributed by atoms with E-state index < -0.39 is 14.6 Å². The lowest BCUT2D eigenvalue weighted by Gasteiger charge is -2.26. The molecule has 6 atom stereocenters. The van der Waals surface area contributed by atoms with Gasteiger partial charge in [0.1, 0.15) is 36.1 Å². The zero-order valence-corrected chi connectivity index (χ0v) is 24.8. The number of aromatic nitrogens is 3. The Bertz CT molecular complexity index is 1170. The van der Waals surface area contributed by atoms with E-state index in [0.29, 0.717) is 17.0 Å². The van der Waals surface area contributed by atoms with Crippen LogP contribution in [0.15, 0.2) is 48.9 Å². The van der Waals surface area contributed by atoms with Gasteiger partial charge in [-0.25, -0.2) is 15.1 Å². The number of methoxy groups -OCH3 is 1. The number of nitrogens with zero attached hydrogens (tertiary/aromatic N) is 3. The van der Waals surface area contributed by atoms with Crippen LogP contribution in [-0.2, 0) is 18.8 Å². The highest BCUT2D eigenvalue weighted by molar-refractivity contribution is 7.45. The number of ether oxygens (including phenoxy) is 2. The van der Waals surface area contributed by atoms with Crippen LogP contribution in [0.1, 0.15) is 54.2 Å². The fraction of sp³-hybridized carbons (Fsp3) is 0.536. The van der Waals surface area contributed by atoms with Gasteiger partial charge in [0.2, 0.25) is 0 Å². The van der Waals surface area contributed by atoms with Gasteiger partial charge >= 0.3 is 8.53 Å². The zero-order valence-electron chi connectivity index (χ0n) is 23.9. The normalized spacial score (nSPS) is 21.6. The van der Waals surface area contributed by atoms with Gasteiger partial charge in [0.05, 0.1) is 30.2 Å². The summed E-state index contributed by atoms with van der Waals surface area (Å²) in [6.45, 7) is 13.2. The highest BCUT2D eigenvalue weighted by Gasteiger charge is 2.38. The van der Waals surface area contributed by atoms with Crippen molar-refractivity contribution in [2.24, 2.45) is 11.3 Å². The Morgan fingerprint density at radius 1 is 1.23 bits per heavy atom. The summed E-state index contributed by atoms with van der Waals surface area (Å²) in [5, 5.41) is 3.92. The molecule has 214 valence electrons. The number of benzene rings is 1. The van der Waals surface area contributed by atoms with Gasteiger partial charge in [-0.2, -0.15) is 0 Å². The van der Waals surface area contributed by atoms with Gasteiger partial charge in [-0.3, -0.25) is 0 Å². The number of hydrogen-bond donors (Lipinski definition) is 2. The Balaban J connectivity index is 0.000000532. The maximum absolute atomic E-state index is 11.2. The van der Waals surface area contributed by atoms with Crippen LogP contribution in [0.5, 0.6) is 5.75 Å². The Morgan fingerprint density at radius 2 is 1.95 bits per heavy atom. The molecule has 0 saturated carbocycles. The van der Waals surface area contributed by atoms with Crippen molar-refractivity contribution in [2.45, 2.75) is 72.4 Å². The van der Waals surface area contributed by atoms with Crippen LogP contribution < -0.4 is 15.3 Å². The van der Waals surface area contributed by atoms with E-state index in [-0.39, 0.29) is 24.4 Å². The first kappa shape index (κ1) is 30.9. The second-order valence-corrected chi connectivity index (χ2v) is 12.2. The predicted octanol–water partition coefficient (Wildman–Crippen LogP) is 5.50. The van der Waals surface area contributed by atoms with Gasteiger partial charge < -0.3 is 33.6 Å². The van der Waals surface area contributed by atoms with Gasteiger partial charge in [0.25, 0.3) is 0 Å². The van der Waals surface area contributed by atoms with Gasteiger partial charge in [-0.15, -0.1) is 0 Å². The molecule has 39 heavy (non-hydrogen) atoms. The Labute approximate surface area is 232 Å². The summed E-state index contributed by atoms with van der Waals surface area (Å²) in [4.78, 5) is 19.6. The first-order valence-corrected chi connectivity index (χ1v) is 14.3. The van der Waals surface area contributed by atoms with E-state index in [4.69, 9.17) is 24.3 Å². The van der Waals surface area contributed by atoms with E-state index in [1.54, 1.807) is 14.0 Å². The van der Waals surface area contributed by atoms with Crippen LogP contribution in [0.2, 0.25) is 0 Å². The summed E-state index contributed by atoms with van der Waals surface area (Å²) in [5.74, 6) is 1.36. The van der Waals surface area contributed by atoms with E-state index in [9.17, 15) is 4.79 Å². The van der Waals surface area contributed by atoms with E-state index in [1.165, 1.54) is 6.33 Å². The minimum atomic E-state index is -1.55. The smallest absolute Gasteiger partial charge is 0.319 e. The molecule has 0 spiro atoms. The average molecular weight is 560 g/mol. The van der Waals surface area contributed by atoms with Crippen LogP contribution in [0.3, 0.4) is 0 Å². The molecule has 0 radical (unpaired) electrons. The summed E-state index contributed by atoms with van der Waals surface area (Å²) in [6, 6.07) is 10.9. The summed E-state index contributed by atoms with van der Waals surface area (Å²) in [7, 11) is 0.178. The van der Waals surface area contributed by atoms with E-state index in [2.05, 4.69) is 42.8 Å². The van der Waals surface area contributed by atoms with Gasteiger partial charge in [0, 0.05) is 19.2 Å². The lowest BCUT2D eigenvalue weighted by atomic mass is 9.99.